The van der Waals surface area contributed by atoms with Crippen molar-refractivity contribution < 1.29 is 19.2 Å². The van der Waals surface area contributed by atoms with E-state index in [1.165, 1.54) is 57.8 Å². The molecule has 1 amide bonds. The van der Waals surface area contributed by atoms with Gasteiger partial charge < -0.3 is 19.9 Å². The van der Waals surface area contributed by atoms with Gasteiger partial charge >= 0.3 is 5.97 Å². The van der Waals surface area contributed by atoms with Crippen LogP contribution in [-0.2, 0) is 21.4 Å². The van der Waals surface area contributed by atoms with Crippen molar-refractivity contribution in [3.63, 3.8) is 0 Å². The van der Waals surface area contributed by atoms with Crippen molar-refractivity contribution in [1.82, 2.24) is 15.2 Å². The maximum Gasteiger partial charge on any atom is 0.305 e. The fourth-order valence-electron chi connectivity index (χ4n) is 6.02. The van der Waals surface area contributed by atoms with Crippen LogP contribution in [0.15, 0.2) is 22.5 Å². The van der Waals surface area contributed by atoms with Crippen molar-refractivity contribution >= 4 is 29.3 Å². The lowest BCUT2D eigenvalue weighted by Crippen LogP contribution is -2.26. The third kappa shape index (κ3) is 16.3. The molecule has 1 heterocycles. The number of hydrogen-bond donors (Lipinski definition) is 3. The van der Waals surface area contributed by atoms with Gasteiger partial charge in [0.2, 0.25) is 0 Å². The van der Waals surface area contributed by atoms with Crippen LogP contribution in [0.2, 0.25) is 0 Å². The third-order valence-corrected chi connectivity index (χ3v) is 9.98. The van der Waals surface area contributed by atoms with Gasteiger partial charge in [0.25, 0.3) is 5.91 Å². The Morgan fingerprint density at radius 3 is 2.38 bits per heavy atom. The summed E-state index contributed by atoms with van der Waals surface area (Å²) in [5, 5.41) is 15.5. The van der Waals surface area contributed by atoms with Crippen LogP contribution in [0.1, 0.15) is 120 Å². The predicted molar refractivity (Wildman–Crippen MR) is 184 cm³/mol. The number of hydrogen-bond acceptors (Lipinski definition) is 9. The Balaban J connectivity index is 1.12. The first-order chi connectivity index (χ1) is 22.0. The Labute approximate surface area is 276 Å². The molecule has 2 saturated carbocycles. The SMILES string of the molecule is CNCCCCCCONc1cc(C(=O)NCCCCCC(=O)OCCSCC2CCC(N=NC3CCCCC3)CC2)n(C)c1. The molecule has 0 spiro atoms. The number of nitrogens with zero attached hydrogens (tertiary/aromatic N) is 3. The highest BCUT2D eigenvalue weighted by molar-refractivity contribution is 7.99. The molecule has 3 rings (SSSR count). The maximum absolute atomic E-state index is 12.6. The summed E-state index contributed by atoms with van der Waals surface area (Å²) in [6.45, 7) is 2.76. The van der Waals surface area contributed by atoms with Crippen LogP contribution in [0.25, 0.3) is 0 Å². The molecule has 1 aromatic heterocycles. The lowest BCUT2D eigenvalue weighted by Gasteiger charge is -2.26. The Morgan fingerprint density at radius 2 is 1.60 bits per heavy atom. The van der Waals surface area contributed by atoms with Crippen molar-refractivity contribution in [2.75, 3.05) is 50.3 Å². The standard InChI is InChI=1S/C34H60N6O4S/c1-35-20-10-3-4-12-22-44-39-31-25-32(40(2)26-31)34(42)36-21-11-6-9-15-33(41)43-23-24-45-27-28-16-18-30(19-17-28)38-37-29-13-7-5-8-14-29/h25-26,28-30,35,39H,3-24,27H2,1-2H3,(H,36,42). The number of aryl methyl sites for hydroxylation is 1. The van der Waals surface area contributed by atoms with Gasteiger partial charge in [-0.25, -0.2) is 0 Å². The number of rotatable bonds is 23. The monoisotopic (exact) mass is 648 g/mol. The van der Waals surface area contributed by atoms with Gasteiger partial charge in [-0.3, -0.25) is 19.9 Å². The van der Waals surface area contributed by atoms with Crippen LogP contribution < -0.4 is 16.1 Å². The topological polar surface area (TPSA) is 118 Å². The van der Waals surface area contributed by atoms with Crippen LogP contribution in [0.3, 0.4) is 0 Å². The minimum absolute atomic E-state index is 0.111. The smallest absolute Gasteiger partial charge is 0.305 e. The van der Waals surface area contributed by atoms with E-state index in [-0.39, 0.29) is 11.9 Å². The largest absolute Gasteiger partial charge is 0.465 e. The Bertz CT molecular complexity index is 976. The van der Waals surface area contributed by atoms with E-state index in [2.05, 4.69) is 26.3 Å². The third-order valence-electron chi connectivity index (χ3n) is 8.82. The molecular weight excluding hydrogens is 588 g/mol. The molecule has 0 bridgehead atoms. The lowest BCUT2D eigenvalue weighted by atomic mass is 9.88. The summed E-state index contributed by atoms with van der Waals surface area (Å²) >= 11 is 1.90. The van der Waals surface area contributed by atoms with E-state index in [0.29, 0.717) is 44.0 Å². The zero-order valence-electron chi connectivity index (χ0n) is 28.0. The van der Waals surface area contributed by atoms with Gasteiger partial charge in [-0.05, 0) is 95.5 Å². The van der Waals surface area contributed by atoms with Gasteiger partial charge in [-0.15, -0.1) is 0 Å². The first-order valence-electron chi connectivity index (χ1n) is 17.7. The average Bonchev–Trinajstić information content (AvgIpc) is 3.43. The molecule has 45 heavy (non-hydrogen) atoms. The first-order valence-corrected chi connectivity index (χ1v) is 18.8. The zero-order valence-corrected chi connectivity index (χ0v) is 28.8. The highest BCUT2D eigenvalue weighted by atomic mass is 32.2. The van der Waals surface area contributed by atoms with Crippen molar-refractivity contribution in [1.29, 1.82) is 0 Å². The van der Waals surface area contributed by atoms with Crippen LogP contribution in [0.5, 0.6) is 0 Å². The molecule has 0 aromatic carbocycles. The number of anilines is 1. The minimum Gasteiger partial charge on any atom is -0.465 e. The molecule has 3 N–H and O–H groups in total. The number of carbonyl (C=O) groups excluding carboxylic acids is 2. The summed E-state index contributed by atoms with van der Waals surface area (Å²) in [4.78, 5) is 30.3. The number of nitrogens with one attached hydrogen (secondary N) is 3. The number of aromatic nitrogens is 1. The molecule has 0 aliphatic heterocycles. The summed E-state index contributed by atoms with van der Waals surface area (Å²) in [5.74, 6) is 2.52. The normalized spacial score (nSPS) is 19.2. The van der Waals surface area contributed by atoms with E-state index >= 15 is 0 Å². The molecule has 1 aromatic rings. The first kappa shape index (κ1) is 37.3. The summed E-state index contributed by atoms with van der Waals surface area (Å²) in [5.41, 5.74) is 4.29. The second-order valence-corrected chi connectivity index (χ2v) is 13.9. The van der Waals surface area contributed by atoms with Gasteiger partial charge in [-0.2, -0.15) is 22.0 Å². The maximum atomic E-state index is 12.6. The summed E-state index contributed by atoms with van der Waals surface area (Å²) < 4.78 is 7.23. The highest BCUT2D eigenvalue weighted by Gasteiger charge is 2.21. The molecule has 0 unspecified atom stereocenters. The second-order valence-electron chi connectivity index (χ2n) is 12.8. The molecule has 2 aliphatic carbocycles. The Kier molecular flexibility index (Phi) is 19.3. The zero-order chi connectivity index (χ0) is 32.0. The number of unbranched alkanes of at least 4 members (excludes halogenated alkanes) is 5. The van der Waals surface area contributed by atoms with Crippen molar-refractivity contribution in [2.45, 2.75) is 121 Å². The van der Waals surface area contributed by atoms with E-state index < -0.39 is 0 Å². The molecule has 11 heteroatoms. The second kappa shape index (κ2) is 23.2. The molecular formula is C34H60N6O4S. The van der Waals surface area contributed by atoms with Crippen molar-refractivity contribution in [3.05, 3.63) is 18.0 Å². The number of carbonyl (C=O) groups is 2. The van der Waals surface area contributed by atoms with E-state index in [1.807, 2.05) is 32.1 Å². The van der Waals surface area contributed by atoms with Crippen molar-refractivity contribution in [2.24, 2.45) is 23.2 Å². The van der Waals surface area contributed by atoms with E-state index in [1.54, 1.807) is 10.6 Å². The average molecular weight is 649 g/mol. The van der Waals surface area contributed by atoms with Crippen LogP contribution in [-0.4, -0.2) is 73.4 Å². The molecule has 10 nitrogen and oxygen atoms in total. The Morgan fingerprint density at radius 1 is 0.889 bits per heavy atom. The number of amides is 1. The number of thioether (sulfide) groups is 1. The molecule has 0 radical (unpaired) electrons. The molecule has 0 saturated heterocycles. The van der Waals surface area contributed by atoms with E-state index in [4.69, 9.17) is 9.57 Å². The van der Waals surface area contributed by atoms with Crippen LogP contribution in [0, 0.1) is 5.92 Å². The summed E-state index contributed by atoms with van der Waals surface area (Å²) in [6.07, 6.45) is 20.5. The lowest BCUT2D eigenvalue weighted by molar-refractivity contribution is -0.143. The molecule has 256 valence electrons. The van der Waals surface area contributed by atoms with Crippen molar-refractivity contribution in [3.8, 4) is 0 Å². The van der Waals surface area contributed by atoms with E-state index in [0.717, 1.165) is 74.6 Å². The number of ether oxygens (including phenoxy) is 1. The predicted octanol–water partition coefficient (Wildman–Crippen LogP) is 7.06. The quantitative estimate of drug-likeness (QED) is 0.0503. The van der Waals surface area contributed by atoms with Gasteiger partial charge in [0.1, 0.15) is 12.3 Å². The van der Waals surface area contributed by atoms with Gasteiger partial charge in [0, 0.05) is 32.0 Å². The fourth-order valence-corrected chi connectivity index (χ4v) is 7.06. The molecule has 2 aliphatic rings. The van der Waals surface area contributed by atoms with Gasteiger partial charge in [0.05, 0.1) is 24.4 Å². The van der Waals surface area contributed by atoms with Gasteiger partial charge in [0.15, 0.2) is 0 Å². The number of esters is 1. The summed E-state index contributed by atoms with van der Waals surface area (Å²) in [7, 11) is 3.83. The number of azo groups is 1. The molecule has 0 atom stereocenters. The van der Waals surface area contributed by atoms with Gasteiger partial charge in [-0.1, -0.05) is 38.5 Å². The minimum atomic E-state index is -0.122. The van der Waals surface area contributed by atoms with Crippen LogP contribution in [0.4, 0.5) is 5.69 Å². The fraction of sp³-hybridized carbons (Fsp3) is 0.824. The van der Waals surface area contributed by atoms with Crippen LogP contribution >= 0.6 is 11.8 Å². The Hall–Kier alpha value is -2.11. The highest BCUT2D eigenvalue weighted by Crippen LogP contribution is 2.30. The summed E-state index contributed by atoms with van der Waals surface area (Å²) in [6, 6.07) is 2.72. The van der Waals surface area contributed by atoms with E-state index in [9.17, 15) is 9.59 Å². The molecule has 2 fully saturated rings.